The van der Waals surface area contributed by atoms with E-state index in [9.17, 15) is 0 Å². The van der Waals surface area contributed by atoms with Crippen LogP contribution in [0.3, 0.4) is 0 Å². The highest BCUT2D eigenvalue weighted by molar-refractivity contribution is 5.47. The highest BCUT2D eigenvalue weighted by Crippen LogP contribution is 2.32. The van der Waals surface area contributed by atoms with E-state index in [1.807, 2.05) is 6.20 Å². The van der Waals surface area contributed by atoms with Crippen molar-refractivity contribution in [1.82, 2.24) is 10.3 Å². The van der Waals surface area contributed by atoms with E-state index in [1.54, 1.807) is 0 Å². The second kappa shape index (κ2) is 7.07. The zero-order chi connectivity index (χ0) is 14.5. The van der Waals surface area contributed by atoms with E-state index in [4.69, 9.17) is 0 Å². The molecule has 112 valence electrons. The van der Waals surface area contributed by atoms with Gasteiger partial charge in [-0.2, -0.15) is 0 Å². The number of nitrogens with one attached hydrogen (secondary N) is 1. The first-order valence-electron chi connectivity index (χ1n) is 7.98. The molecular formula is C17H29N3. The minimum Gasteiger partial charge on any atom is -0.369 e. The topological polar surface area (TPSA) is 28.2 Å². The molecule has 0 atom stereocenters. The van der Waals surface area contributed by atoms with Gasteiger partial charge in [-0.05, 0) is 57.2 Å². The number of aromatic nitrogens is 1. The van der Waals surface area contributed by atoms with E-state index >= 15 is 0 Å². The van der Waals surface area contributed by atoms with Crippen molar-refractivity contribution in [1.29, 1.82) is 0 Å². The van der Waals surface area contributed by atoms with E-state index < -0.39 is 0 Å². The molecule has 3 nitrogen and oxygen atoms in total. The summed E-state index contributed by atoms with van der Waals surface area (Å²) in [4.78, 5) is 7.00. The molecule has 0 amide bonds. The van der Waals surface area contributed by atoms with Gasteiger partial charge in [-0.25, -0.2) is 0 Å². The molecule has 1 aromatic rings. The van der Waals surface area contributed by atoms with Gasteiger partial charge >= 0.3 is 0 Å². The average molecular weight is 275 g/mol. The van der Waals surface area contributed by atoms with Crippen LogP contribution in [-0.2, 0) is 6.54 Å². The van der Waals surface area contributed by atoms with Gasteiger partial charge in [0.05, 0.1) is 5.69 Å². The molecule has 0 spiro atoms. The molecule has 1 aliphatic carbocycles. The summed E-state index contributed by atoms with van der Waals surface area (Å²) in [5, 5.41) is 3.47. The fourth-order valence-corrected chi connectivity index (χ4v) is 2.42. The molecule has 0 unspecified atom stereocenters. The summed E-state index contributed by atoms with van der Waals surface area (Å²) >= 11 is 0. The fourth-order valence-electron chi connectivity index (χ4n) is 2.42. The Balaban J connectivity index is 1.98. The molecule has 1 aromatic heterocycles. The summed E-state index contributed by atoms with van der Waals surface area (Å²) < 4.78 is 0. The molecule has 3 heteroatoms. The van der Waals surface area contributed by atoms with Crippen LogP contribution in [0.2, 0.25) is 0 Å². The third kappa shape index (κ3) is 4.78. The average Bonchev–Trinajstić information content (AvgIpc) is 3.19. The number of anilines is 1. The normalized spacial score (nSPS) is 15.1. The number of hydrogen-bond donors (Lipinski definition) is 1. The lowest BCUT2D eigenvalue weighted by atomic mass is 10.2. The van der Waals surface area contributed by atoms with Crippen LogP contribution in [0.1, 0.15) is 46.2 Å². The van der Waals surface area contributed by atoms with Crippen molar-refractivity contribution in [2.45, 2.75) is 53.1 Å². The summed E-state index contributed by atoms with van der Waals surface area (Å²) in [6, 6.07) is 4.94. The Hall–Kier alpha value is -1.09. The van der Waals surface area contributed by atoms with Crippen molar-refractivity contribution in [3.8, 4) is 0 Å². The van der Waals surface area contributed by atoms with Gasteiger partial charge in [-0.15, -0.1) is 0 Å². The summed E-state index contributed by atoms with van der Waals surface area (Å²) in [6.07, 6.45) is 4.75. The molecule has 0 aromatic carbocycles. The Morgan fingerprint density at radius 1 is 1.30 bits per heavy atom. The lowest BCUT2D eigenvalue weighted by Crippen LogP contribution is -2.33. The highest BCUT2D eigenvalue weighted by Gasteiger charge is 2.25. The lowest BCUT2D eigenvalue weighted by molar-refractivity contribution is 0.548. The van der Waals surface area contributed by atoms with Gasteiger partial charge in [0.1, 0.15) is 0 Å². The van der Waals surface area contributed by atoms with E-state index in [2.05, 4.69) is 55.0 Å². The molecule has 1 N–H and O–H groups in total. The van der Waals surface area contributed by atoms with Crippen LogP contribution in [0.25, 0.3) is 0 Å². The molecule has 1 saturated carbocycles. The number of pyridine rings is 1. The van der Waals surface area contributed by atoms with E-state index in [0.29, 0.717) is 12.0 Å². The predicted octanol–water partition coefficient (Wildman–Crippen LogP) is 3.45. The van der Waals surface area contributed by atoms with Crippen molar-refractivity contribution < 1.29 is 0 Å². The maximum absolute atomic E-state index is 4.48. The Morgan fingerprint density at radius 2 is 2.05 bits per heavy atom. The van der Waals surface area contributed by atoms with Crippen molar-refractivity contribution in [3.63, 3.8) is 0 Å². The van der Waals surface area contributed by atoms with Gasteiger partial charge in [0.25, 0.3) is 0 Å². The molecule has 0 saturated heterocycles. The SMILES string of the molecule is CC(C)CNCc1cc(N(CC2CC2)C(C)C)ccn1. The van der Waals surface area contributed by atoms with Crippen LogP contribution in [0.5, 0.6) is 0 Å². The van der Waals surface area contributed by atoms with Gasteiger partial charge in [-0.1, -0.05) is 13.8 Å². The largest absolute Gasteiger partial charge is 0.369 e. The van der Waals surface area contributed by atoms with Crippen molar-refractivity contribution >= 4 is 5.69 Å². The number of hydrogen-bond acceptors (Lipinski definition) is 3. The Kier molecular flexibility index (Phi) is 5.41. The van der Waals surface area contributed by atoms with Crippen LogP contribution < -0.4 is 10.2 Å². The minimum absolute atomic E-state index is 0.550. The number of rotatable bonds is 8. The van der Waals surface area contributed by atoms with Crippen molar-refractivity contribution in [2.24, 2.45) is 11.8 Å². The molecule has 0 radical (unpaired) electrons. The standard InChI is InChI=1S/C17H29N3/c1-13(2)10-18-11-16-9-17(7-8-19-16)20(14(3)4)12-15-5-6-15/h7-9,13-15,18H,5-6,10-12H2,1-4H3. The van der Waals surface area contributed by atoms with Crippen molar-refractivity contribution in [2.75, 3.05) is 18.0 Å². The van der Waals surface area contributed by atoms with Crippen molar-refractivity contribution in [3.05, 3.63) is 24.0 Å². The fraction of sp³-hybridized carbons (Fsp3) is 0.706. The van der Waals surface area contributed by atoms with E-state index in [1.165, 1.54) is 25.1 Å². The third-order valence-corrected chi connectivity index (χ3v) is 3.77. The Bertz CT molecular complexity index is 410. The maximum Gasteiger partial charge on any atom is 0.0562 e. The zero-order valence-electron chi connectivity index (χ0n) is 13.4. The van der Waals surface area contributed by atoms with Gasteiger partial charge in [0.15, 0.2) is 0 Å². The van der Waals surface area contributed by atoms with E-state index in [0.717, 1.165) is 24.7 Å². The molecule has 0 bridgehead atoms. The quantitative estimate of drug-likeness (QED) is 0.787. The first-order chi connectivity index (χ1) is 9.56. The van der Waals surface area contributed by atoms with E-state index in [-0.39, 0.29) is 0 Å². The Labute approximate surface area is 123 Å². The first kappa shape index (κ1) is 15.3. The minimum atomic E-state index is 0.550. The summed E-state index contributed by atoms with van der Waals surface area (Å²) in [5.41, 5.74) is 2.47. The molecule has 1 aliphatic rings. The van der Waals surface area contributed by atoms with Crippen LogP contribution in [-0.4, -0.2) is 24.1 Å². The van der Waals surface area contributed by atoms with Gasteiger partial charge in [0, 0.05) is 31.0 Å². The van der Waals surface area contributed by atoms with Gasteiger partial charge in [0.2, 0.25) is 0 Å². The summed E-state index contributed by atoms with van der Waals surface area (Å²) in [5.74, 6) is 1.59. The second-order valence-corrected chi connectivity index (χ2v) is 6.72. The van der Waals surface area contributed by atoms with Gasteiger partial charge in [-0.3, -0.25) is 4.98 Å². The lowest BCUT2D eigenvalue weighted by Gasteiger charge is -2.29. The van der Waals surface area contributed by atoms with Crippen LogP contribution in [0, 0.1) is 11.8 Å². The molecule has 1 fully saturated rings. The maximum atomic E-state index is 4.48. The second-order valence-electron chi connectivity index (χ2n) is 6.72. The van der Waals surface area contributed by atoms with Crippen LogP contribution in [0.15, 0.2) is 18.3 Å². The molecular weight excluding hydrogens is 246 g/mol. The van der Waals surface area contributed by atoms with Crippen LogP contribution in [0.4, 0.5) is 5.69 Å². The predicted molar refractivity (Wildman–Crippen MR) is 86.0 cm³/mol. The molecule has 0 aliphatic heterocycles. The highest BCUT2D eigenvalue weighted by atomic mass is 15.2. The monoisotopic (exact) mass is 275 g/mol. The van der Waals surface area contributed by atoms with Crippen LogP contribution >= 0.6 is 0 Å². The first-order valence-corrected chi connectivity index (χ1v) is 7.98. The number of nitrogens with zero attached hydrogens (tertiary/aromatic N) is 2. The summed E-state index contributed by atoms with van der Waals surface area (Å²) in [7, 11) is 0. The third-order valence-electron chi connectivity index (χ3n) is 3.77. The zero-order valence-corrected chi connectivity index (χ0v) is 13.4. The Morgan fingerprint density at radius 3 is 2.65 bits per heavy atom. The molecule has 2 rings (SSSR count). The molecule has 20 heavy (non-hydrogen) atoms. The summed E-state index contributed by atoms with van der Waals surface area (Å²) in [6.45, 7) is 12.1. The van der Waals surface area contributed by atoms with Gasteiger partial charge < -0.3 is 10.2 Å². The smallest absolute Gasteiger partial charge is 0.0562 e. The molecule has 1 heterocycles.